The fourth-order valence-corrected chi connectivity index (χ4v) is 1.98. The number of nitrogens with one attached hydrogen (secondary N) is 1. The molecule has 0 aliphatic heterocycles. The van der Waals surface area contributed by atoms with E-state index in [4.69, 9.17) is 16.7 Å². The molecule has 0 spiro atoms. The molecule has 4 N–H and O–H groups in total. The number of primary sulfonamides is 1. The molecule has 0 aliphatic carbocycles. The monoisotopic (exact) mass is 282 g/mol. The first kappa shape index (κ1) is 15.0. The van der Waals surface area contributed by atoms with Gasteiger partial charge in [0, 0.05) is 18.7 Å². The van der Waals surface area contributed by atoms with Crippen molar-refractivity contribution in [2.75, 3.05) is 11.9 Å². The normalized spacial score (nSPS) is 10.7. The second-order valence-electron chi connectivity index (χ2n) is 3.79. The second-order valence-corrected chi connectivity index (χ2v) is 5.35. The molecule has 19 heavy (non-hydrogen) atoms. The largest absolute Gasteiger partial charge is 0.478 e. The molecular weight excluding hydrogens is 268 g/mol. The van der Waals surface area contributed by atoms with E-state index in [1.807, 2.05) is 0 Å². The van der Waals surface area contributed by atoms with Crippen molar-refractivity contribution in [2.24, 2.45) is 5.14 Å². The molecule has 0 atom stereocenters. The summed E-state index contributed by atoms with van der Waals surface area (Å²) in [7, 11) is -3.92. The Bertz CT molecular complexity index is 617. The summed E-state index contributed by atoms with van der Waals surface area (Å²) >= 11 is 0. The van der Waals surface area contributed by atoms with Gasteiger partial charge < -0.3 is 10.4 Å². The summed E-state index contributed by atoms with van der Waals surface area (Å²) in [6.07, 6.45) is 6.36. The maximum absolute atomic E-state index is 11.2. The van der Waals surface area contributed by atoms with Crippen LogP contribution in [0.15, 0.2) is 23.1 Å². The highest BCUT2D eigenvalue weighted by Gasteiger charge is 2.15. The van der Waals surface area contributed by atoms with Gasteiger partial charge in [-0.25, -0.2) is 18.4 Å². The lowest BCUT2D eigenvalue weighted by Gasteiger charge is -2.10. The van der Waals surface area contributed by atoms with Gasteiger partial charge in [0.25, 0.3) is 0 Å². The average Bonchev–Trinajstić information content (AvgIpc) is 2.33. The highest BCUT2D eigenvalue weighted by Crippen LogP contribution is 2.20. The molecule has 1 aromatic rings. The molecule has 0 fully saturated rings. The quantitative estimate of drug-likeness (QED) is 0.529. The number of unbranched alkanes of at least 4 members (excludes halogenated alkanes) is 1. The van der Waals surface area contributed by atoms with Crippen LogP contribution >= 0.6 is 0 Å². The molecular formula is C12H14N2O4S. The molecule has 0 heterocycles. The molecule has 0 unspecified atom stereocenters. The smallest absolute Gasteiger partial charge is 0.337 e. The maximum atomic E-state index is 11.2. The van der Waals surface area contributed by atoms with Crippen LogP contribution in [0.3, 0.4) is 0 Å². The molecule has 0 amide bonds. The predicted octanol–water partition coefficient (Wildman–Crippen LogP) is 0.858. The predicted molar refractivity (Wildman–Crippen MR) is 71.3 cm³/mol. The minimum atomic E-state index is -3.92. The second kappa shape index (κ2) is 6.22. The first-order valence-corrected chi connectivity index (χ1v) is 6.98. The number of terminal acetylenes is 1. The Morgan fingerprint density at radius 2 is 2.16 bits per heavy atom. The minimum Gasteiger partial charge on any atom is -0.478 e. The van der Waals surface area contributed by atoms with Crippen LogP contribution < -0.4 is 10.5 Å². The van der Waals surface area contributed by atoms with Gasteiger partial charge in [0.1, 0.15) is 0 Å². The Morgan fingerprint density at radius 3 is 2.68 bits per heavy atom. The summed E-state index contributed by atoms with van der Waals surface area (Å²) in [6, 6.07) is 3.66. The molecule has 7 heteroatoms. The van der Waals surface area contributed by atoms with Gasteiger partial charge in [-0.05, 0) is 24.6 Å². The molecule has 1 aromatic carbocycles. The minimum absolute atomic E-state index is 0.146. The number of hydrogen-bond acceptors (Lipinski definition) is 4. The Labute approximate surface area is 111 Å². The van der Waals surface area contributed by atoms with Gasteiger partial charge in [-0.15, -0.1) is 12.3 Å². The van der Waals surface area contributed by atoms with E-state index < -0.39 is 16.0 Å². The molecule has 0 radical (unpaired) electrons. The fourth-order valence-electron chi connectivity index (χ4n) is 1.44. The first-order valence-electron chi connectivity index (χ1n) is 5.43. The number of carboxylic acid groups (broad SMARTS) is 1. The molecule has 0 aromatic heterocycles. The van der Waals surface area contributed by atoms with Crippen molar-refractivity contribution in [2.45, 2.75) is 17.7 Å². The first-order chi connectivity index (χ1) is 8.86. The van der Waals surface area contributed by atoms with Crippen LogP contribution in [0, 0.1) is 12.3 Å². The van der Waals surface area contributed by atoms with E-state index in [0.29, 0.717) is 25.1 Å². The van der Waals surface area contributed by atoms with E-state index in [-0.39, 0.29) is 10.5 Å². The summed E-state index contributed by atoms with van der Waals surface area (Å²) in [5.74, 6) is 1.24. The van der Waals surface area contributed by atoms with E-state index in [9.17, 15) is 13.2 Å². The van der Waals surface area contributed by atoms with Crippen molar-refractivity contribution >= 4 is 21.7 Å². The van der Waals surface area contributed by atoms with Crippen molar-refractivity contribution in [3.05, 3.63) is 23.8 Å². The van der Waals surface area contributed by atoms with E-state index in [0.717, 1.165) is 6.07 Å². The van der Waals surface area contributed by atoms with Crippen LogP contribution in [0.1, 0.15) is 23.2 Å². The summed E-state index contributed by atoms with van der Waals surface area (Å²) in [4.78, 5) is 10.8. The van der Waals surface area contributed by atoms with Crippen LogP contribution in [0.4, 0.5) is 5.69 Å². The number of nitrogens with two attached hydrogens (primary N) is 1. The lowest BCUT2D eigenvalue weighted by molar-refractivity contribution is 0.0697. The standard InChI is InChI=1S/C12H14N2O4S/c1-2-3-4-7-14-11-6-5-9(19(13,17)18)8-10(11)12(15)16/h1,5-6,8,14H,3-4,7H2,(H,15,16)(H2,13,17,18). The van der Waals surface area contributed by atoms with Crippen LogP contribution in [-0.2, 0) is 10.0 Å². The van der Waals surface area contributed by atoms with E-state index in [1.165, 1.54) is 12.1 Å². The highest BCUT2D eigenvalue weighted by molar-refractivity contribution is 7.89. The molecule has 0 aliphatic rings. The Hall–Kier alpha value is -2.04. The molecule has 1 rings (SSSR count). The summed E-state index contributed by atoms with van der Waals surface area (Å²) in [6.45, 7) is 0.499. The summed E-state index contributed by atoms with van der Waals surface area (Å²) in [5, 5.41) is 16.9. The average molecular weight is 282 g/mol. The Balaban J connectivity index is 3.00. The zero-order chi connectivity index (χ0) is 14.5. The fraction of sp³-hybridized carbons (Fsp3) is 0.250. The van der Waals surface area contributed by atoms with Crippen molar-refractivity contribution in [1.82, 2.24) is 0 Å². The van der Waals surface area contributed by atoms with Crippen molar-refractivity contribution in [3.63, 3.8) is 0 Å². The third kappa shape index (κ3) is 4.28. The number of hydrogen-bond donors (Lipinski definition) is 3. The molecule has 0 saturated carbocycles. The Kier molecular flexibility index (Phi) is 4.92. The number of anilines is 1. The third-order valence-electron chi connectivity index (χ3n) is 2.36. The number of benzene rings is 1. The SMILES string of the molecule is C#CCCCNc1ccc(S(N)(=O)=O)cc1C(=O)O. The molecule has 0 bridgehead atoms. The van der Waals surface area contributed by atoms with Gasteiger partial charge in [-0.3, -0.25) is 0 Å². The lowest BCUT2D eigenvalue weighted by atomic mass is 10.1. The van der Waals surface area contributed by atoms with Crippen molar-refractivity contribution < 1.29 is 18.3 Å². The van der Waals surface area contributed by atoms with Gasteiger partial charge in [-0.1, -0.05) is 0 Å². The number of sulfonamides is 1. The van der Waals surface area contributed by atoms with Crippen molar-refractivity contribution in [1.29, 1.82) is 0 Å². The number of aromatic carboxylic acids is 1. The van der Waals surface area contributed by atoms with Crippen LogP contribution in [0.5, 0.6) is 0 Å². The summed E-state index contributed by atoms with van der Waals surface area (Å²) < 4.78 is 22.3. The highest BCUT2D eigenvalue weighted by atomic mass is 32.2. The van der Waals surface area contributed by atoms with Gasteiger partial charge in [0.2, 0.25) is 10.0 Å². The van der Waals surface area contributed by atoms with E-state index >= 15 is 0 Å². The van der Waals surface area contributed by atoms with Crippen LogP contribution in [0.25, 0.3) is 0 Å². The summed E-state index contributed by atoms with van der Waals surface area (Å²) in [5.41, 5.74) is 0.184. The number of rotatable bonds is 6. The van der Waals surface area contributed by atoms with Crippen molar-refractivity contribution in [3.8, 4) is 12.3 Å². The zero-order valence-electron chi connectivity index (χ0n) is 10.1. The number of carboxylic acids is 1. The van der Waals surface area contributed by atoms with Crippen LogP contribution in [0.2, 0.25) is 0 Å². The van der Waals surface area contributed by atoms with Gasteiger partial charge in [0.15, 0.2) is 0 Å². The zero-order valence-corrected chi connectivity index (χ0v) is 10.9. The number of carbonyl (C=O) groups is 1. The topological polar surface area (TPSA) is 109 Å². The van der Waals surface area contributed by atoms with Gasteiger partial charge in [-0.2, -0.15) is 0 Å². The van der Waals surface area contributed by atoms with Gasteiger partial charge >= 0.3 is 5.97 Å². The Morgan fingerprint density at radius 1 is 1.47 bits per heavy atom. The van der Waals surface area contributed by atoms with Gasteiger partial charge in [0.05, 0.1) is 10.5 Å². The molecule has 102 valence electrons. The molecule has 0 saturated heterocycles. The maximum Gasteiger partial charge on any atom is 0.337 e. The lowest BCUT2D eigenvalue weighted by Crippen LogP contribution is -2.14. The third-order valence-corrected chi connectivity index (χ3v) is 3.27. The molecule has 6 nitrogen and oxygen atoms in total. The van der Waals surface area contributed by atoms with Crippen LogP contribution in [-0.4, -0.2) is 26.0 Å². The van der Waals surface area contributed by atoms with E-state index in [1.54, 1.807) is 0 Å². The van der Waals surface area contributed by atoms with E-state index in [2.05, 4.69) is 11.2 Å².